The Bertz CT molecular complexity index is 590. The van der Waals surface area contributed by atoms with Crippen LogP contribution in [0.5, 0.6) is 0 Å². The maximum Gasteiger partial charge on any atom is 0.262 e. The predicted octanol–water partition coefficient (Wildman–Crippen LogP) is 0.586. The number of piperazine rings is 1. The first-order valence-corrected chi connectivity index (χ1v) is 8.59. The van der Waals surface area contributed by atoms with Gasteiger partial charge in [0.25, 0.3) is 10.0 Å². The van der Waals surface area contributed by atoms with Crippen molar-refractivity contribution in [1.29, 1.82) is 0 Å². The summed E-state index contributed by atoms with van der Waals surface area (Å²) in [7, 11) is -1.66. The van der Waals surface area contributed by atoms with Gasteiger partial charge in [0.15, 0.2) is 5.03 Å². The molecule has 0 saturated carbocycles. The molecule has 2 saturated heterocycles. The van der Waals surface area contributed by atoms with Crippen LogP contribution in [0.2, 0.25) is 0 Å². The number of hydrogen-bond donors (Lipinski definition) is 0. The maximum atomic E-state index is 12.8. The summed E-state index contributed by atoms with van der Waals surface area (Å²) in [6, 6.07) is 0.391. The summed E-state index contributed by atoms with van der Waals surface area (Å²) in [4.78, 5) is 6.61. The van der Waals surface area contributed by atoms with E-state index in [0.29, 0.717) is 12.6 Å². The zero-order chi connectivity index (χ0) is 14.5. The van der Waals surface area contributed by atoms with Crippen LogP contribution in [0.25, 0.3) is 0 Å². The minimum Gasteiger partial charge on any atom is -0.337 e. The van der Waals surface area contributed by atoms with Crippen molar-refractivity contribution in [2.45, 2.75) is 43.8 Å². The molecule has 2 aliphatic heterocycles. The number of nitrogens with zero attached hydrogens (tertiary/aromatic N) is 4. The highest BCUT2D eigenvalue weighted by Crippen LogP contribution is 2.28. The monoisotopic (exact) mass is 298 g/mol. The van der Waals surface area contributed by atoms with Crippen LogP contribution in [0, 0.1) is 6.92 Å². The van der Waals surface area contributed by atoms with Crippen LogP contribution >= 0.6 is 0 Å². The van der Waals surface area contributed by atoms with Gasteiger partial charge in [-0.05, 0) is 33.2 Å². The Kier molecular flexibility index (Phi) is 3.38. The van der Waals surface area contributed by atoms with E-state index in [1.165, 1.54) is 6.42 Å². The van der Waals surface area contributed by atoms with E-state index in [4.69, 9.17) is 0 Å². The minimum absolute atomic E-state index is 0.0108. The van der Waals surface area contributed by atoms with Gasteiger partial charge in [0.2, 0.25) is 0 Å². The Labute approximate surface area is 120 Å². The molecule has 0 bridgehead atoms. The highest BCUT2D eigenvalue weighted by molar-refractivity contribution is 7.89. The topological polar surface area (TPSA) is 58.4 Å². The molecule has 0 unspecified atom stereocenters. The zero-order valence-electron chi connectivity index (χ0n) is 12.3. The van der Waals surface area contributed by atoms with E-state index < -0.39 is 10.0 Å². The average Bonchev–Trinajstić information content (AvgIpc) is 2.95. The molecule has 20 heavy (non-hydrogen) atoms. The van der Waals surface area contributed by atoms with E-state index in [1.807, 2.05) is 20.9 Å². The lowest BCUT2D eigenvalue weighted by Gasteiger charge is -2.40. The van der Waals surface area contributed by atoms with Crippen molar-refractivity contribution in [3.63, 3.8) is 0 Å². The van der Waals surface area contributed by atoms with Crippen molar-refractivity contribution < 1.29 is 8.42 Å². The minimum atomic E-state index is -3.48. The summed E-state index contributed by atoms with van der Waals surface area (Å²) in [5.41, 5.74) is 0. The van der Waals surface area contributed by atoms with E-state index in [9.17, 15) is 8.42 Å². The number of aryl methyl sites for hydroxylation is 2. The number of imidazole rings is 1. The van der Waals surface area contributed by atoms with E-state index in [1.54, 1.807) is 15.1 Å². The molecule has 1 aromatic rings. The molecular weight excluding hydrogens is 276 g/mol. The Balaban J connectivity index is 1.90. The largest absolute Gasteiger partial charge is 0.337 e. The van der Waals surface area contributed by atoms with Crippen molar-refractivity contribution in [1.82, 2.24) is 18.8 Å². The molecule has 0 amide bonds. The molecule has 0 N–H and O–H groups in total. The standard InChI is InChI=1S/C13H22N4O2S/c1-10-7-16-6-4-5-12(16)8-17(10)20(18,19)13-9-15(3)11(2)14-13/h9-10,12H,4-8H2,1-3H3/t10-,12-/m0/s1. The Morgan fingerprint density at radius 1 is 1.35 bits per heavy atom. The lowest BCUT2D eigenvalue weighted by Crippen LogP contribution is -2.56. The first kappa shape index (κ1) is 14.0. The molecule has 0 aliphatic carbocycles. The fourth-order valence-corrected chi connectivity index (χ4v) is 4.95. The molecule has 2 atom stereocenters. The fourth-order valence-electron chi connectivity index (χ4n) is 3.27. The molecule has 0 radical (unpaired) electrons. The molecule has 1 aromatic heterocycles. The van der Waals surface area contributed by atoms with E-state index in [0.717, 1.165) is 25.3 Å². The normalized spacial score (nSPS) is 28.8. The molecule has 7 heteroatoms. The van der Waals surface area contributed by atoms with Crippen LogP contribution < -0.4 is 0 Å². The molecular formula is C13H22N4O2S. The molecule has 0 spiro atoms. The highest BCUT2D eigenvalue weighted by atomic mass is 32.2. The number of fused-ring (bicyclic) bond motifs is 1. The SMILES string of the molecule is Cc1nc(S(=O)(=O)N2C[C@@H]3CCCN3C[C@@H]2C)cn1C. The van der Waals surface area contributed by atoms with Crippen LogP contribution in [-0.2, 0) is 17.1 Å². The van der Waals surface area contributed by atoms with E-state index in [-0.39, 0.29) is 11.1 Å². The quantitative estimate of drug-likeness (QED) is 0.802. The third kappa shape index (κ3) is 2.17. The second-order valence-electron chi connectivity index (χ2n) is 5.95. The van der Waals surface area contributed by atoms with Crippen molar-refractivity contribution in [3.05, 3.63) is 12.0 Å². The number of rotatable bonds is 2. The average molecular weight is 298 g/mol. The molecule has 2 aliphatic rings. The van der Waals surface area contributed by atoms with Gasteiger partial charge in [-0.3, -0.25) is 4.90 Å². The van der Waals surface area contributed by atoms with Gasteiger partial charge in [-0.25, -0.2) is 13.4 Å². The first-order chi connectivity index (χ1) is 9.39. The molecule has 3 heterocycles. The van der Waals surface area contributed by atoms with Gasteiger partial charge >= 0.3 is 0 Å². The van der Waals surface area contributed by atoms with Gasteiger partial charge in [0, 0.05) is 38.4 Å². The molecule has 0 aromatic carbocycles. The van der Waals surface area contributed by atoms with Gasteiger partial charge in [0.05, 0.1) is 0 Å². The van der Waals surface area contributed by atoms with Crippen molar-refractivity contribution >= 4 is 10.0 Å². The number of sulfonamides is 1. The van der Waals surface area contributed by atoms with Crippen LogP contribution in [0.4, 0.5) is 0 Å². The summed E-state index contributed by atoms with van der Waals surface area (Å²) in [5.74, 6) is 0.718. The summed E-state index contributed by atoms with van der Waals surface area (Å²) in [5, 5.41) is 0.177. The molecule has 6 nitrogen and oxygen atoms in total. The van der Waals surface area contributed by atoms with Crippen LogP contribution in [0.1, 0.15) is 25.6 Å². The van der Waals surface area contributed by atoms with Gasteiger partial charge in [-0.15, -0.1) is 0 Å². The third-order valence-electron chi connectivity index (χ3n) is 4.54. The van der Waals surface area contributed by atoms with Gasteiger partial charge < -0.3 is 4.57 Å². The molecule has 112 valence electrons. The molecule has 2 fully saturated rings. The van der Waals surface area contributed by atoms with Crippen LogP contribution in [0.3, 0.4) is 0 Å². The second-order valence-corrected chi connectivity index (χ2v) is 7.79. The number of hydrogen-bond acceptors (Lipinski definition) is 4. The molecule has 3 rings (SSSR count). The Hall–Kier alpha value is -0.920. The smallest absolute Gasteiger partial charge is 0.262 e. The van der Waals surface area contributed by atoms with Crippen molar-refractivity contribution in [2.75, 3.05) is 19.6 Å². The van der Waals surface area contributed by atoms with E-state index >= 15 is 0 Å². The van der Waals surface area contributed by atoms with Crippen molar-refractivity contribution in [2.24, 2.45) is 7.05 Å². The zero-order valence-corrected chi connectivity index (χ0v) is 13.1. The lowest BCUT2D eigenvalue weighted by molar-refractivity contribution is 0.117. The maximum absolute atomic E-state index is 12.8. The van der Waals surface area contributed by atoms with Gasteiger partial charge in [-0.2, -0.15) is 4.31 Å². The lowest BCUT2D eigenvalue weighted by atomic mass is 10.1. The fraction of sp³-hybridized carbons (Fsp3) is 0.769. The predicted molar refractivity (Wildman–Crippen MR) is 75.9 cm³/mol. The Morgan fingerprint density at radius 2 is 2.10 bits per heavy atom. The summed E-state index contributed by atoms with van der Waals surface area (Å²) >= 11 is 0. The third-order valence-corrected chi connectivity index (χ3v) is 6.39. The number of aromatic nitrogens is 2. The van der Waals surface area contributed by atoms with Crippen molar-refractivity contribution in [3.8, 4) is 0 Å². The first-order valence-electron chi connectivity index (χ1n) is 7.15. The highest BCUT2D eigenvalue weighted by Gasteiger charge is 2.41. The second kappa shape index (κ2) is 4.82. The summed E-state index contributed by atoms with van der Waals surface area (Å²) in [6.07, 6.45) is 3.88. The summed E-state index contributed by atoms with van der Waals surface area (Å²) in [6.45, 7) is 6.33. The van der Waals surface area contributed by atoms with Crippen LogP contribution in [-0.4, -0.2) is 58.9 Å². The van der Waals surface area contributed by atoms with Gasteiger partial charge in [-0.1, -0.05) is 0 Å². The summed E-state index contributed by atoms with van der Waals surface area (Å²) < 4.78 is 29.0. The van der Waals surface area contributed by atoms with E-state index in [2.05, 4.69) is 9.88 Å². The Morgan fingerprint density at radius 3 is 2.75 bits per heavy atom. The van der Waals surface area contributed by atoms with Gasteiger partial charge in [0.1, 0.15) is 5.82 Å². The van der Waals surface area contributed by atoms with Crippen LogP contribution in [0.15, 0.2) is 11.2 Å².